The zero-order chi connectivity index (χ0) is 14.3. The topological polar surface area (TPSA) is 46.5 Å². The van der Waals surface area contributed by atoms with E-state index in [0.717, 1.165) is 32.1 Å². The van der Waals surface area contributed by atoms with Gasteiger partial charge in [0, 0.05) is 6.92 Å². The lowest BCUT2D eigenvalue weighted by atomic mass is 9.55. The van der Waals surface area contributed by atoms with Gasteiger partial charge in [-0.25, -0.2) is 0 Å². The van der Waals surface area contributed by atoms with Crippen LogP contribution in [0.3, 0.4) is 0 Å². The highest BCUT2D eigenvalue weighted by Crippen LogP contribution is 2.53. The van der Waals surface area contributed by atoms with Crippen LogP contribution >= 0.6 is 0 Å². The van der Waals surface area contributed by atoms with Crippen molar-refractivity contribution in [3.05, 3.63) is 0 Å². The van der Waals surface area contributed by atoms with Gasteiger partial charge in [-0.05, 0) is 63.2 Å². The molecule has 110 valence electrons. The first kappa shape index (κ1) is 14.8. The van der Waals surface area contributed by atoms with Gasteiger partial charge in [0.2, 0.25) is 0 Å². The van der Waals surface area contributed by atoms with Gasteiger partial charge in [0.05, 0.1) is 6.10 Å². The first-order valence-electron chi connectivity index (χ1n) is 7.62. The number of carbonyl (C=O) groups is 1. The summed E-state index contributed by atoms with van der Waals surface area (Å²) in [7, 11) is 0. The van der Waals surface area contributed by atoms with E-state index >= 15 is 0 Å². The second-order valence-corrected chi connectivity index (χ2v) is 7.39. The number of carbonyl (C=O) groups excluding carboxylic acids is 1. The van der Waals surface area contributed by atoms with Gasteiger partial charge in [-0.15, -0.1) is 0 Å². The summed E-state index contributed by atoms with van der Waals surface area (Å²) in [6.45, 7) is 7.83. The standard InChI is InChI=1S/C16H28O3/c1-11(17)19-15(2,3)12-7-9-16(4)8-5-6-14(18)13(16)10-12/h12-14,18H,5-10H2,1-4H3. The first-order chi connectivity index (χ1) is 8.74. The van der Waals surface area contributed by atoms with Crippen LogP contribution in [0.15, 0.2) is 0 Å². The molecule has 0 amide bonds. The molecule has 0 heterocycles. The molecule has 0 aromatic rings. The second kappa shape index (κ2) is 5.08. The molecule has 4 unspecified atom stereocenters. The molecule has 0 bridgehead atoms. The molecule has 2 aliphatic rings. The van der Waals surface area contributed by atoms with E-state index in [-0.39, 0.29) is 12.1 Å². The van der Waals surface area contributed by atoms with Crippen LogP contribution in [0.1, 0.15) is 66.2 Å². The lowest BCUT2D eigenvalue weighted by molar-refractivity contribution is -0.165. The van der Waals surface area contributed by atoms with Crippen LogP contribution < -0.4 is 0 Å². The second-order valence-electron chi connectivity index (χ2n) is 7.39. The number of aliphatic hydroxyl groups is 1. The van der Waals surface area contributed by atoms with Crippen molar-refractivity contribution in [3.8, 4) is 0 Å². The molecule has 1 N–H and O–H groups in total. The third-order valence-electron chi connectivity index (χ3n) is 5.60. The molecule has 2 aliphatic carbocycles. The lowest BCUT2D eigenvalue weighted by Crippen LogP contribution is -2.49. The van der Waals surface area contributed by atoms with Crippen LogP contribution in [0.25, 0.3) is 0 Å². The van der Waals surface area contributed by atoms with Crippen LogP contribution in [0.4, 0.5) is 0 Å². The quantitative estimate of drug-likeness (QED) is 0.782. The molecular formula is C16H28O3. The molecule has 3 heteroatoms. The van der Waals surface area contributed by atoms with E-state index in [1.165, 1.54) is 13.3 Å². The van der Waals surface area contributed by atoms with Crippen molar-refractivity contribution in [2.24, 2.45) is 17.3 Å². The minimum atomic E-state index is -0.412. The van der Waals surface area contributed by atoms with E-state index in [1.807, 2.05) is 13.8 Å². The Bertz CT molecular complexity index is 350. The Hall–Kier alpha value is -0.570. The average molecular weight is 268 g/mol. The van der Waals surface area contributed by atoms with Crippen molar-refractivity contribution in [3.63, 3.8) is 0 Å². The number of ether oxygens (including phenoxy) is 1. The molecule has 0 aromatic carbocycles. The van der Waals surface area contributed by atoms with Crippen molar-refractivity contribution < 1.29 is 14.6 Å². The smallest absolute Gasteiger partial charge is 0.303 e. The molecule has 0 aliphatic heterocycles. The fourth-order valence-corrected chi connectivity index (χ4v) is 4.33. The summed E-state index contributed by atoms with van der Waals surface area (Å²) < 4.78 is 5.50. The van der Waals surface area contributed by atoms with Crippen LogP contribution in [0.2, 0.25) is 0 Å². The Kier molecular flexibility index (Phi) is 3.97. The fraction of sp³-hybridized carbons (Fsp3) is 0.938. The SMILES string of the molecule is CC(=O)OC(C)(C)C1CCC2(C)CCCC(O)C2C1. The van der Waals surface area contributed by atoms with Gasteiger partial charge in [0.15, 0.2) is 0 Å². The summed E-state index contributed by atoms with van der Waals surface area (Å²) in [6, 6.07) is 0. The zero-order valence-electron chi connectivity index (χ0n) is 12.7. The van der Waals surface area contributed by atoms with E-state index < -0.39 is 5.60 Å². The van der Waals surface area contributed by atoms with Gasteiger partial charge >= 0.3 is 5.97 Å². The van der Waals surface area contributed by atoms with E-state index in [2.05, 4.69) is 6.92 Å². The Morgan fingerprint density at radius 3 is 2.63 bits per heavy atom. The summed E-state index contributed by atoms with van der Waals surface area (Å²) in [6.07, 6.45) is 6.36. The molecule has 2 saturated carbocycles. The van der Waals surface area contributed by atoms with Crippen LogP contribution in [-0.4, -0.2) is 22.8 Å². The Labute approximate surface area is 116 Å². The summed E-state index contributed by atoms with van der Waals surface area (Å²) in [4.78, 5) is 11.2. The molecule has 0 aromatic heterocycles. The van der Waals surface area contributed by atoms with Crippen LogP contribution in [-0.2, 0) is 9.53 Å². The highest BCUT2D eigenvalue weighted by molar-refractivity contribution is 5.66. The van der Waals surface area contributed by atoms with E-state index in [9.17, 15) is 9.90 Å². The summed E-state index contributed by atoms with van der Waals surface area (Å²) in [5, 5.41) is 10.3. The molecule has 2 rings (SSSR count). The molecule has 3 nitrogen and oxygen atoms in total. The number of hydrogen-bond donors (Lipinski definition) is 1. The van der Waals surface area contributed by atoms with Gasteiger partial charge in [0.25, 0.3) is 0 Å². The fourth-order valence-electron chi connectivity index (χ4n) is 4.33. The van der Waals surface area contributed by atoms with Crippen LogP contribution in [0, 0.1) is 17.3 Å². The third kappa shape index (κ3) is 2.96. The Morgan fingerprint density at radius 2 is 2.00 bits per heavy atom. The molecule has 19 heavy (non-hydrogen) atoms. The van der Waals surface area contributed by atoms with E-state index in [1.54, 1.807) is 0 Å². The predicted octanol–water partition coefficient (Wildman–Crippen LogP) is 3.30. The Balaban J connectivity index is 2.10. The average Bonchev–Trinajstić information content (AvgIpc) is 2.26. The number of rotatable bonds is 2. The van der Waals surface area contributed by atoms with Gasteiger partial charge in [-0.2, -0.15) is 0 Å². The number of fused-ring (bicyclic) bond motifs is 1. The van der Waals surface area contributed by atoms with Gasteiger partial charge in [-0.1, -0.05) is 13.3 Å². The highest BCUT2D eigenvalue weighted by atomic mass is 16.6. The zero-order valence-corrected chi connectivity index (χ0v) is 12.7. The first-order valence-corrected chi connectivity index (χ1v) is 7.62. The molecule has 0 spiro atoms. The van der Waals surface area contributed by atoms with Crippen molar-refractivity contribution in [1.29, 1.82) is 0 Å². The van der Waals surface area contributed by atoms with Crippen molar-refractivity contribution >= 4 is 5.97 Å². The molecule has 4 atom stereocenters. The highest BCUT2D eigenvalue weighted by Gasteiger charge is 2.49. The maximum absolute atomic E-state index is 11.2. The summed E-state index contributed by atoms with van der Waals surface area (Å²) in [5.74, 6) is 0.527. The van der Waals surface area contributed by atoms with Crippen molar-refractivity contribution in [2.75, 3.05) is 0 Å². The molecule has 0 radical (unpaired) electrons. The summed E-state index contributed by atoms with van der Waals surface area (Å²) in [5.41, 5.74) is -0.120. The van der Waals surface area contributed by atoms with E-state index in [4.69, 9.17) is 4.74 Å². The van der Waals surface area contributed by atoms with Crippen molar-refractivity contribution in [2.45, 2.75) is 77.9 Å². The van der Waals surface area contributed by atoms with Crippen LogP contribution in [0.5, 0.6) is 0 Å². The minimum Gasteiger partial charge on any atom is -0.460 e. The normalized spacial score (nSPS) is 39.5. The molecule has 2 fully saturated rings. The maximum atomic E-state index is 11.2. The van der Waals surface area contributed by atoms with Gasteiger partial charge in [0.1, 0.15) is 5.60 Å². The number of esters is 1. The van der Waals surface area contributed by atoms with Gasteiger partial charge in [-0.3, -0.25) is 4.79 Å². The Morgan fingerprint density at radius 1 is 1.32 bits per heavy atom. The minimum absolute atomic E-state index is 0.172. The predicted molar refractivity (Wildman–Crippen MR) is 74.6 cm³/mol. The van der Waals surface area contributed by atoms with E-state index in [0.29, 0.717) is 17.3 Å². The summed E-state index contributed by atoms with van der Waals surface area (Å²) >= 11 is 0. The number of hydrogen-bond acceptors (Lipinski definition) is 3. The number of aliphatic hydroxyl groups excluding tert-OH is 1. The molecular weight excluding hydrogens is 240 g/mol. The maximum Gasteiger partial charge on any atom is 0.303 e. The molecule has 0 saturated heterocycles. The van der Waals surface area contributed by atoms with Gasteiger partial charge < -0.3 is 9.84 Å². The lowest BCUT2D eigenvalue weighted by Gasteiger charge is -2.52. The monoisotopic (exact) mass is 268 g/mol. The van der Waals surface area contributed by atoms with Crippen molar-refractivity contribution in [1.82, 2.24) is 0 Å². The largest absolute Gasteiger partial charge is 0.460 e. The third-order valence-corrected chi connectivity index (χ3v) is 5.60.